The lowest BCUT2D eigenvalue weighted by Crippen LogP contribution is -2.32. The number of hydrogen-bond acceptors (Lipinski definition) is 10. The fraction of sp³-hybridized carbons (Fsp3) is 0.233. The molecule has 1 aromatic heterocycles. The van der Waals surface area contributed by atoms with Crippen LogP contribution in [0.25, 0.3) is 0 Å². The summed E-state index contributed by atoms with van der Waals surface area (Å²) in [7, 11) is -0.844. The molecule has 0 bridgehead atoms. The summed E-state index contributed by atoms with van der Waals surface area (Å²) in [5, 5.41) is 9.18. The first-order chi connectivity index (χ1) is 20.2. The number of hydrogen-bond donors (Lipinski definition) is 2. The number of nitriles is 1. The lowest BCUT2D eigenvalue weighted by Gasteiger charge is -2.25. The van der Waals surface area contributed by atoms with Crippen LogP contribution in [-0.4, -0.2) is 45.8 Å². The summed E-state index contributed by atoms with van der Waals surface area (Å²) in [6, 6.07) is 18.8. The average Bonchev–Trinajstić information content (AvgIpc) is 2.98. The highest BCUT2D eigenvalue weighted by atomic mass is 32.2. The summed E-state index contributed by atoms with van der Waals surface area (Å²) < 4.78 is 45.9. The van der Waals surface area contributed by atoms with E-state index in [4.69, 9.17) is 25.7 Å². The van der Waals surface area contributed by atoms with Crippen LogP contribution in [0.3, 0.4) is 0 Å². The Morgan fingerprint density at radius 2 is 1.62 bits per heavy atom. The molecule has 4 rings (SSSR count). The summed E-state index contributed by atoms with van der Waals surface area (Å²) in [5.74, 6) is 1.65. The van der Waals surface area contributed by atoms with Crippen LogP contribution in [0.15, 0.2) is 71.8 Å². The van der Waals surface area contributed by atoms with E-state index in [9.17, 15) is 13.7 Å². The molecule has 4 aromatic rings. The average molecular weight is 589 g/mol. The Hall–Kier alpha value is -5.02. The third kappa shape index (κ3) is 6.82. The summed E-state index contributed by atoms with van der Waals surface area (Å²) in [4.78, 5) is 8.19. The van der Waals surface area contributed by atoms with E-state index in [0.717, 1.165) is 11.1 Å². The second-order valence-electron chi connectivity index (χ2n) is 9.40. The second-order valence-corrected chi connectivity index (χ2v) is 11.3. The highest BCUT2D eigenvalue weighted by Crippen LogP contribution is 2.39. The minimum Gasteiger partial charge on any atom is -0.493 e. The molecule has 0 saturated carbocycles. The molecule has 0 aliphatic heterocycles. The maximum atomic E-state index is 13.6. The summed E-state index contributed by atoms with van der Waals surface area (Å²) in [6.45, 7) is 2.19. The quantitative estimate of drug-likeness (QED) is 0.230. The normalized spacial score (nSPS) is 11.0. The van der Waals surface area contributed by atoms with Crippen molar-refractivity contribution in [2.75, 3.05) is 43.1 Å². The molecule has 0 spiro atoms. The van der Waals surface area contributed by atoms with Gasteiger partial charge in [0, 0.05) is 31.1 Å². The van der Waals surface area contributed by atoms with Crippen molar-refractivity contribution in [3.8, 4) is 23.3 Å². The van der Waals surface area contributed by atoms with Gasteiger partial charge in [-0.05, 0) is 61.0 Å². The number of aromatic nitrogens is 2. The maximum Gasteiger partial charge on any atom is 0.264 e. The predicted octanol–water partition coefficient (Wildman–Crippen LogP) is 4.09. The molecule has 4 N–H and O–H groups in total. The minimum absolute atomic E-state index is 0.0968. The number of nitrogens with zero attached hydrogens (tertiary/aromatic N) is 4. The van der Waals surface area contributed by atoms with Gasteiger partial charge in [0.05, 0.1) is 43.0 Å². The second kappa shape index (κ2) is 13.1. The van der Waals surface area contributed by atoms with Crippen molar-refractivity contribution in [3.63, 3.8) is 0 Å². The Morgan fingerprint density at radius 1 is 0.976 bits per heavy atom. The number of aryl methyl sites for hydroxylation is 1. The zero-order chi connectivity index (χ0) is 30.3. The number of ether oxygens (including phenoxy) is 3. The molecule has 0 unspecified atom stereocenters. The number of anilines is 3. The predicted molar refractivity (Wildman–Crippen MR) is 160 cm³/mol. The van der Waals surface area contributed by atoms with E-state index >= 15 is 0 Å². The molecule has 0 radical (unpaired) electrons. The molecular weight excluding hydrogens is 556 g/mol. The van der Waals surface area contributed by atoms with Gasteiger partial charge in [0.2, 0.25) is 11.7 Å². The lowest BCUT2D eigenvalue weighted by atomic mass is 10.1. The van der Waals surface area contributed by atoms with Gasteiger partial charge in [-0.15, -0.1) is 0 Å². The largest absolute Gasteiger partial charge is 0.493 e. The Labute approximate surface area is 245 Å². The van der Waals surface area contributed by atoms with Gasteiger partial charge in [-0.25, -0.2) is 13.4 Å². The Morgan fingerprint density at radius 3 is 2.19 bits per heavy atom. The van der Waals surface area contributed by atoms with Crippen LogP contribution < -0.4 is 30.0 Å². The molecule has 0 amide bonds. The molecule has 42 heavy (non-hydrogen) atoms. The molecule has 12 heteroatoms. The highest BCUT2D eigenvalue weighted by molar-refractivity contribution is 7.92. The zero-order valence-electron chi connectivity index (χ0n) is 23.6. The first-order valence-electron chi connectivity index (χ1n) is 13.0. The Bertz CT molecular complexity index is 1660. The van der Waals surface area contributed by atoms with E-state index in [0.29, 0.717) is 46.9 Å². The molecule has 3 aromatic carbocycles. The molecule has 0 fully saturated rings. The van der Waals surface area contributed by atoms with E-state index in [-0.39, 0.29) is 29.8 Å². The third-order valence-electron chi connectivity index (χ3n) is 6.48. The minimum atomic E-state index is -3.89. The first-order valence-corrected chi connectivity index (χ1v) is 14.4. The molecule has 0 saturated heterocycles. The van der Waals surface area contributed by atoms with Gasteiger partial charge < -0.3 is 25.7 Å². The van der Waals surface area contributed by atoms with Crippen molar-refractivity contribution in [3.05, 3.63) is 89.1 Å². The van der Waals surface area contributed by atoms with E-state index in [1.54, 1.807) is 66.9 Å². The van der Waals surface area contributed by atoms with Crippen LogP contribution in [0.4, 0.5) is 17.5 Å². The van der Waals surface area contributed by atoms with Crippen molar-refractivity contribution in [1.29, 1.82) is 5.26 Å². The van der Waals surface area contributed by atoms with Crippen LogP contribution in [-0.2, 0) is 16.4 Å². The van der Waals surface area contributed by atoms with Crippen LogP contribution >= 0.6 is 0 Å². The van der Waals surface area contributed by atoms with Gasteiger partial charge in [-0.1, -0.05) is 17.7 Å². The summed E-state index contributed by atoms with van der Waals surface area (Å²) >= 11 is 0. The first kappa shape index (κ1) is 30.0. The molecule has 11 nitrogen and oxygen atoms in total. The maximum absolute atomic E-state index is 13.6. The van der Waals surface area contributed by atoms with E-state index in [1.165, 1.54) is 18.5 Å². The zero-order valence-corrected chi connectivity index (χ0v) is 24.4. The number of methoxy groups -OCH3 is 2. The van der Waals surface area contributed by atoms with Gasteiger partial charge in [0.1, 0.15) is 5.82 Å². The molecule has 0 atom stereocenters. The van der Waals surface area contributed by atoms with Crippen molar-refractivity contribution in [2.24, 2.45) is 0 Å². The van der Waals surface area contributed by atoms with E-state index in [1.807, 2.05) is 6.92 Å². The standard InChI is InChI=1S/C30H32N6O5S/c1-20-5-11-25(12-6-20)42(37,38)36(24-9-7-21(18-31)8-10-24)13-4-14-41-28-26(39-2)16-22(17-27(28)40-3)15-23-19-34-30(33)35-29(23)32/h5-12,16-17,19H,4,13-15H2,1-3H3,(H4,32,33,34,35). The molecule has 0 aliphatic carbocycles. The molecule has 218 valence electrons. The monoisotopic (exact) mass is 588 g/mol. The van der Waals surface area contributed by atoms with E-state index < -0.39 is 10.0 Å². The Kier molecular flexibility index (Phi) is 9.34. The van der Waals surface area contributed by atoms with Crippen molar-refractivity contribution in [1.82, 2.24) is 9.97 Å². The van der Waals surface area contributed by atoms with Crippen molar-refractivity contribution in [2.45, 2.75) is 24.7 Å². The smallest absolute Gasteiger partial charge is 0.264 e. The SMILES string of the molecule is COc1cc(Cc2cnc(N)nc2N)cc(OC)c1OCCCN(c1ccc(C#N)cc1)S(=O)(=O)c1ccc(C)cc1. The highest BCUT2D eigenvalue weighted by Gasteiger charge is 2.25. The summed E-state index contributed by atoms with van der Waals surface area (Å²) in [6.07, 6.45) is 2.33. The molecule has 0 aliphatic rings. The van der Waals surface area contributed by atoms with Crippen LogP contribution in [0.5, 0.6) is 17.2 Å². The van der Waals surface area contributed by atoms with Gasteiger partial charge in [-0.3, -0.25) is 4.31 Å². The number of benzene rings is 3. The lowest BCUT2D eigenvalue weighted by molar-refractivity contribution is 0.272. The fourth-order valence-electron chi connectivity index (χ4n) is 4.28. The van der Waals surface area contributed by atoms with Gasteiger partial charge in [-0.2, -0.15) is 10.2 Å². The van der Waals surface area contributed by atoms with E-state index in [2.05, 4.69) is 16.0 Å². The van der Waals surface area contributed by atoms with Crippen LogP contribution in [0.2, 0.25) is 0 Å². The van der Waals surface area contributed by atoms with Gasteiger partial charge in [0.15, 0.2) is 11.5 Å². The van der Waals surface area contributed by atoms with Crippen LogP contribution in [0.1, 0.15) is 28.7 Å². The number of nitrogen functional groups attached to an aromatic ring is 2. The van der Waals surface area contributed by atoms with Crippen molar-refractivity contribution < 1.29 is 22.6 Å². The number of nitrogens with two attached hydrogens (primary N) is 2. The molecular formula is C30H32N6O5S. The molecule has 1 heterocycles. The third-order valence-corrected chi connectivity index (χ3v) is 8.32. The summed E-state index contributed by atoms with van der Waals surface area (Å²) in [5.41, 5.74) is 15.0. The van der Waals surface area contributed by atoms with Crippen molar-refractivity contribution >= 4 is 27.5 Å². The fourth-order valence-corrected chi connectivity index (χ4v) is 5.78. The number of sulfonamides is 1. The number of rotatable bonds is 12. The van der Waals surface area contributed by atoms with Gasteiger partial charge >= 0.3 is 0 Å². The Balaban J connectivity index is 1.53. The van der Waals surface area contributed by atoms with Gasteiger partial charge in [0.25, 0.3) is 10.0 Å². The topological polar surface area (TPSA) is 167 Å². The van der Waals surface area contributed by atoms with Crippen LogP contribution in [0, 0.1) is 18.3 Å².